The molecule has 2 aliphatic rings. The van der Waals surface area contributed by atoms with Gasteiger partial charge in [0.25, 0.3) is 11.8 Å². The summed E-state index contributed by atoms with van der Waals surface area (Å²) >= 11 is 0. The lowest BCUT2D eigenvalue weighted by Gasteiger charge is -2.28. The summed E-state index contributed by atoms with van der Waals surface area (Å²) in [5.74, 6) is -1.75. The highest BCUT2D eigenvalue weighted by Gasteiger charge is 2.40. The van der Waals surface area contributed by atoms with Gasteiger partial charge in [0.05, 0.1) is 17.1 Å². The number of carboxylic acid groups (broad SMARTS) is 2. The van der Waals surface area contributed by atoms with Crippen LogP contribution < -0.4 is 21.3 Å². The highest BCUT2D eigenvalue weighted by atomic mass is 16.4. The molecule has 2 saturated heterocycles. The Hall–Kier alpha value is -7.68. The Morgan fingerprint density at radius 3 is 1.39 bits per heavy atom. The van der Waals surface area contributed by atoms with E-state index in [0.29, 0.717) is 61.3 Å². The third-order valence-electron chi connectivity index (χ3n) is 13.4. The Morgan fingerprint density at radius 2 is 0.971 bits per heavy atom. The number of anilines is 2. The average molecular weight is 934 g/mol. The van der Waals surface area contributed by atoms with Crippen molar-refractivity contribution in [2.24, 2.45) is 0 Å². The number of carbonyl (C=O) groups is 6. The summed E-state index contributed by atoms with van der Waals surface area (Å²) in [5, 5.41) is 32.1. The van der Waals surface area contributed by atoms with Crippen LogP contribution in [0.3, 0.4) is 0 Å². The van der Waals surface area contributed by atoms with E-state index in [1.165, 1.54) is 9.80 Å². The van der Waals surface area contributed by atoms with Gasteiger partial charge in [-0.3, -0.25) is 19.2 Å². The molecule has 2 fully saturated rings. The van der Waals surface area contributed by atoms with E-state index in [-0.39, 0.29) is 17.9 Å². The lowest BCUT2D eigenvalue weighted by Crippen LogP contribution is -2.48. The molecule has 0 radical (unpaired) electrons. The fraction of sp³-hybridized carbons (Fsp3) is 0.333. The number of unbranched alkanes of at least 4 members (excludes halogenated alkanes) is 4. The highest BCUT2D eigenvalue weighted by molar-refractivity contribution is 6.11. The molecule has 15 nitrogen and oxygen atoms in total. The fourth-order valence-electron chi connectivity index (χ4n) is 10.1. The van der Waals surface area contributed by atoms with Crippen LogP contribution in [-0.4, -0.2) is 85.6 Å². The molecule has 69 heavy (non-hydrogen) atoms. The maximum absolute atomic E-state index is 14.2. The van der Waals surface area contributed by atoms with Gasteiger partial charge >= 0.3 is 12.2 Å². The van der Waals surface area contributed by atoms with Crippen molar-refractivity contribution in [1.29, 1.82) is 0 Å². The van der Waals surface area contributed by atoms with Crippen molar-refractivity contribution < 1.29 is 39.0 Å². The quantitative estimate of drug-likeness (QED) is 0.0457. The summed E-state index contributed by atoms with van der Waals surface area (Å²) in [5.41, 5.74) is 4.82. The topological polar surface area (TPSA) is 202 Å². The van der Waals surface area contributed by atoms with Crippen molar-refractivity contribution >= 4 is 69.0 Å². The summed E-state index contributed by atoms with van der Waals surface area (Å²) in [7, 11) is 0. The number of hydrogen-bond acceptors (Lipinski definition) is 6. The van der Waals surface area contributed by atoms with Gasteiger partial charge in [-0.25, -0.2) is 9.59 Å². The van der Waals surface area contributed by atoms with E-state index in [1.54, 1.807) is 60.7 Å². The summed E-state index contributed by atoms with van der Waals surface area (Å²) in [6.07, 6.45) is 5.52. The molecular weight excluding hydrogens is 875 g/mol. The number of carbonyl (C=O) groups excluding carboxylic acids is 4. The van der Waals surface area contributed by atoms with Gasteiger partial charge in [-0.1, -0.05) is 142 Å². The highest BCUT2D eigenvalue weighted by Crippen LogP contribution is 2.39. The van der Waals surface area contributed by atoms with Gasteiger partial charge in [0.1, 0.15) is 24.2 Å². The summed E-state index contributed by atoms with van der Waals surface area (Å²) in [6.45, 7) is 2.80. The maximum atomic E-state index is 14.2. The van der Waals surface area contributed by atoms with E-state index in [2.05, 4.69) is 44.9 Å². The molecule has 6 aromatic rings. The fourth-order valence-corrected chi connectivity index (χ4v) is 10.1. The Kier molecular flexibility index (Phi) is 15.2. The minimum atomic E-state index is -1.35. The first-order valence-corrected chi connectivity index (χ1v) is 24.0. The molecule has 3 heterocycles. The van der Waals surface area contributed by atoms with Crippen molar-refractivity contribution in [3.8, 4) is 0 Å². The zero-order valence-corrected chi connectivity index (χ0v) is 38.7. The number of likely N-dealkylation sites (tertiary alicyclic amines) is 2. The second-order valence-corrected chi connectivity index (χ2v) is 17.9. The molecule has 0 saturated carbocycles. The number of rotatable bonds is 18. The molecule has 2 aliphatic heterocycles. The van der Waals surface area contributed by atoms with Crippen LogP contribution in [0.2, 0.25) is 0 Å². The lowest BCUT2D eigenvalue weighted by molar-refractivity contribution is -0.138. The molecule has 3 unspecified atom stereocenters. The monoisotopic (exact) mass is 933 g/mol. The van der Waals surface area contributed by atoms with Gasteiger partial charge in [-0.15, -0.1) is 0 Å². The van der Waals surface area contributed by atoms with Crippen molar-refractivity contribution in [2.75, 3.05) is 23.7 Å². The molecule has 0 spiro atoms. The molecule has 5 atom stereocenters. The van der Waals surface area contributed by atoms with Gasteiger partial charge < -0.3 is 45.8 Å². The number of hydrogen-bond donors (Lipinski definition) is 6. The van der Waals surface area contributed by atoms with E-state index >= 15 is 0 Å². The molecule has 0 aliphatic carbocycles. The van der Waals surface area contributed by atoms with Gasteiger partial charge in [-0.05, 0) is 73.1 Å². The van der Waals surface area contributed by atoms with Crippen LogP contribution in [0.1, 0.15) is 106 Å². The number of aromatic nitrogens is 1. The van der Waals surface area contributed by atoms with Crippen LogP contribution in [0.4, 0.5) is 21.0 Å². The van der Waals surface area contributed by atoms with E-state index in [9.17, 15) is 39.0 Å². The zero-order chi connectivity index (χ0) is 48.4. The summed E-state index contributed by atoms with van der Waals surface area (Å²) < 4.78 is 2.28. The molecular formula is C54H59N7O8. The number of amides is 6. The van der Waals surface area contributed by atoms with Crippen molar-refractivity contribution in [3.63, 3.8) is 0 Å². The van der Waals surface area contributed by atoms with Gasteiger partial charge in [0, 0.05) is 35.2 Å². The van der Waals surface area contributed by atoms with Crippen LogP contribution in [0.5, 0.6) is 0 Å². The predicted octanol–water partition coefficient (Wildman–Crippen LogP) is 9.62. The van der Waals surface area contributed by atoms with E-state index in [1.807, 2.05) is 54.6 Å². The Labute approximate surface area is 400 Å². The number of fused-ring (bicyclic) bond motifs is 3. The van der Waals surface area contributed by atoms with E-state index < -0.39 is 48.2 Å². The van der Waals surface area contributed by atoms with Gasteiger partial charge in [0.15, 0.2) is 0 Å². The number of nitrogens with zero attached hydrogens (tertiary/aromatic N) is 3. The average Bonchev–Trinajstić information content (AvgIpc) is 4.13. The largest absolute Gasteiger partial charge is 0.465 e. The summed E-state index contributed by atoms with van der Waals surface area (Å²) in [6, 6.07) is 34.9. The Bertz CT molecular complexity index is 2640. The molecule has 5 aromatic carbocycles. The van der Waals surface area contributed by atoms with Crippen molar-refractivity contribution in [3.05, 3.63) is 144 Å². The lowest BCUT2D eigenvalue weighted by atomic mass is 9.99. The van der Waals surface area contributed by atoms with Crippen molar-refractivity contribution in [2.45, 2.75) is 101 Å². The number of nitrogens with one attached hydrogen (secondary N) is 4. The second-order valence-electron chi connectivity index (χ2n) is 17.9. The standard InChI is InChI=1S/C54H59N7O8/c1-2-3-4-5-15-24-42(35-18-9-6-10-19-35)61-45-33-38(55-49(62)43-25-16-31-59(43)51(64)47(57-53(66)67)36-20-11-7-12-21-36)27-29-40(45)41-30-28-39(34-46(41)61)56-50(63)44-26-17-32-60(44)52(65)48(58-54(68)69)37-22-13-8-14-23-37/h6-14,18-23,27-30,33-34,42-44,47-48,57-58H,2-5,15-17,24-26,31-32H2,1H3,(H,55,62)(H,56,63)(H,66,67)(H,68,69)/t42?,43-,44-,47?,48?/m0/s1. The first-order chi connectivity index (χ1) is 33.5. The molecule has 1 aromatic heterocycles. The number of benzene rings is 5. The van der Waals surface area contributed by atoms with E-state index in [0.717, 1.165) is 65.9 Å². The SMILES string of the molecule is CCCCCCCC(c1ccccc1)n1c2cc(NC(=O)[C@@H]3CCCN3C(=O)C(NC(=O)O)c3ccccc3)ccc2c2ccc(NC(=O)[C@@H]3CCCN3C(=O)C(NC(=O)O)c3ccccc3)cc21. The molecule has 15 heteroatoms. The van der Waals surface area contributed by atoms with Crippen molar-refractivity contribution in [1.82, 2.24) is 25.0 Å². The summed E-state index contributed by atoms with van der Waals surface area (Å²) in [4.78, 5) is 83.0. The van der Waals surface area contributed by atoms with Crippen LogP contribution >= 0.6 is 0 Å². The smallest absolute Gasteiger partial charge is 0.405 e. The van der Waals surface area contributed by atoms with Gasteiger partial charge in [0.2, 0.25) is 11.8 Å². The van der Waals surface area contributed by atoms with Crippen LogP contribution in [0.15, 0.2) is 127 Å². The van der Waals surface area contributed by atoms with E-state index in [4.69, 9.17) is 0 Å². The van der Waals surface area contributed by atoms with Crippen LogP contribution in [-0.2, 0) is 19.2 Å². The third-order valence-corrected chi connectivity index (χ3v) is 13.4. The molecule has 6 N–H and O–H groups in total. The minimum Gasteiger partial charge on any atom is -0.465 e. The molecule has 8 rings (SSSR count). The minimum absolute atomic E-state index is 0.135. The second kappa shape index (κ2) is 22.0. The zero-order valence-electron chi connectivity index (χ0n) is 38.7. The molecule has 6 amide bonds. The normalized spacial score (nSPS) is 17.0. The van der Waals surface area contributed by atoms with Crippen LogP contribution in [0.25, 0.3) is 21.8 Å². The van der Waals surface area contributed by atoms with Gasteiger partial charge in [-0.2, -0.15) is 0 Å². The Morgan fingerprint density at radius 1 is 0.551 bits per heavy atom. The van der Waals surface area contributed by atoms with Crippen LogP contribution in [0, 0.1) is 0 Å². The Balaban J connectivity index is 1.12. The first-order valence-electron chi connectivity index (χ1n) is 24.0. The third kappa shape index (κ3) is 10.9. The first kappa shape index (κ1) is 47.8. The molecule has 0 bridgehead atoms. The molecule has 358 valence electrons. The predicted molar refractivity (Wildman–Crippen MR) is 265 cm³/mol. The maximum Gasteiger partial charge on any atom is 0.405 e.